The maximum absolute atomic E-state index is 12.4. The molecule has 0 aliphatic heterocycles. The minimum atomic E-state index is -3.35. The minimum Gasteiger partial charge on any atom is -0.307 e. The summed E-state index contributed by atoms with van der Waals surface area (Å²) in [5.74, 6) is 0.263. The van der Waals surface area contributed by atoms with Gasteiger partial charge in [-0.3, -0.25) is 4.79 Å². The molecule has 0 atom stereocenters. The SMILES string of the molecule is CCCCn1nc(C)cc1NC(=O)c1cccc(S(C)(=O)=O)c1. The van der Waals surface area contributed by atoms with Crippen molar-refractivity contribution in [2.75, 3.05) is 11.6 Å². The van der Waals surface area contributed by atoms with Crippen LogP contribution < -0.4 is 5.32 Å². The molecule has 0 bridgehead atoms. The van der Waals surface area contributed by atoms with Gasteiger partial charge in [0.05, 0.1) is 10.6 Å². The Bertz CT molecular complexity index is 810. The maximum Gasteiger partial charge on any atom is 0.256 e. The molecule has 1 aromatic carbocycles. The van der Waals surface area contributed by atoms with Gasteiger partial charge in [0.25, 0.3) is 5.91 Å². The summed E-state index contributed by atoms with van der Waals surface area (Å²) in [5, 5.41) is 7.16. The lowest BCUT2D eigenvalue weighted by Gasteiger charge is -2.09. The maximum atomic E-state index is 12.4. The standard InChI is InChI=1S/C16H21N3O3S/c1-4-5-9-19-15(10-12(2)18-19)17-16(20)13-7-6-8-14(11-13)23(3,21)22/h6-8,10-11H,4-5,9H2,1-3H3,(H,17,20). The number of nitrogens with zero attached hydrogens (tertiary/aromatic N) is 2. The van der Waals surface area contributed by atoms with E-state index < -0.39 is 9.84 Å². The topological polar surface area (TPSA) is 81.1 Å². The van der Waals surface area contributed by atoms with E-state index >= 15 is 0 Å². The first-order chi connectivity index (χ1) is 10.8. The van der Waals surface area contributed by atoms with Gasteiger partial charge in [-0.2, -0.15) is 5.10 Å². The molecular formula is C16H21N3O3S. The van der Waals surface area contributed by atoms with Crippen LogP contribution in [0.4, 0.5) is 5.82 Å². The number of sulfone groups is 1. The highest BCUT2D eigenvalue weighted by atomic mass is 32.2. The third kappa shape index (κ3) is 4.41. The highest BCUT2D eigenvalue weighted by Gasteiger charge is 2.14. The first kappa shape index (κ1) is 17.2. The molecule has 0 spiro atoms. The van der Waals surface area contributed by atoms with Gasteiger partial charge in [0, 0.05) is 24.4 Å². The summed E-state index contributed by atoms with van der Waals surface area (Å²) in [5.41, 5.74) is 1.12. The van der Waals surface area contributed by atoms with Crippen molar-refractivity contribution < 1.29 is 13.2 Å². The third-order valence-corrected chi connectivity index (χ3v) is 4.50. The number of unbranched alkanes of at least 4 members (excludes halogenated alkanes) is 1. The van der Waals surface area contributed by atoms with Crippen molar-refractivity contribution in [3.05, 3.63) is 41.6 Å². The molecule has 0 aliphatic rings. The van der Waals surface area contributed by atoms with Crippen LogP contribution in [0, 0.1) is 6.92 Å². The van der Waals surface area contributed by atoms with E-state index in [2.05, 4.69) is 17.3 Å². The average Bonchev–Trinajstić information content (AvgIpc) is 2.84. The second kappa shape index (κ2) is 6.95. The molecule has 0 saturated heterocycles. The summed E-state index contributed by atoms with van der Waals surface area (Å²) in [6.07, 6.45) is 3.11. The Balaban J connectivity index is 2.23. The van der Waals surface area contributed by atoms with Gasteiger partial charge in [0.1, 0.15) is 5.82 Å². The monoisotopic (exact) mass is 335 g/mol. The van der Waals surface area contributed by atoms with Crippen LogP contribution in [-0.2, 0) is 16.4 Å². The number of carbonyl (C=O) groups is 1. The second-order valence-corrected chi connectivity index (χ2v) is 7.52. The zero-order chi connectivity index (χ0) is 17.0. The van der Waals surface area contributed by atoms with Crippen LogP contribution in [-0.4, -0.2) is 30.4 Å². The van der Waals surface area contributed by atoms with Crippen molar-refractivity contribution in [2.24, 2.45) is 0 Å². The van der Waals surface area contributed by atoms with Gasteiger partial charge >= 0.3 is 0 Å². The van der Waals surface area contributed by atoms with Crippen molar-refractivity contribution in [1.29, 1.82) is 0 Å². The van der Waals surface area contributed by atoms with Crippen molar-refractivity contribution >= 4 is 21.6 Å². The van der Waals surface area contributed by atoms with Gasteiger partial charge in [-0.25, -0.2) is 13.1 Å². The highest BCUT2D eigenvalue weighted by molar-refractivity contribution is 7.90. The molecular weight excluding hydrogens is 314 g/mol. The van der Waals surface area contributed by atoms with Gasteiger partial charge in [-0.15, -0.1) is 0 Å². The summed E-state index contributed by atoms with van der Waals surface area (Å²) in [6, 6.07) is 7.80. The molecule has 124 valence electrons. The number of hydrogen-bond acceptors (Lipinski definition) is 4. The molecule has 0 saturated carbocycles. The molecule has 0 radical (unpaired) electrons. The lowest BCUT2D eigenvalue weighted by molar-refractivity contribution is 0.102. The Labute approximate surface area is 136 Å². The Morgan fingerprint density at radius 3 is 2.70 bits per heavy atom. The van der Waals surface area contributed by atoms with Crippen molar-refractivity contribution in [1.82, 2.24) is 9.78 Å². The molecule has 1 aromatic heterocycles. The van der Waals surface area contributed by atoms with Crippen LogP contribution in [0.1, 0.15) is 35.8 Å². The summed E-state index contributed by atoms with van der Waals surface area (Å²) in [4.78, 5) is 12.5. The van der Waals surface area contributed by atoms with Crippen LogP contribution in [0.25, 0.3) is 0 Å². The van der Waals surface area contributed by atoms with E-state index in [0.717, 1.165) is 31.3 Å². The molecule has 2 rings (SSSR count). The number of nitrogens with one attached hydrogen (secondary N) is 1. The highest BCUT2D eigenvalue weighted by Crippen LogP contribution is 2.15. The number of aryl methyl sites for hydroxylation is 2. The molecule has 2 aromatic rings. The molecule has 1 N–H and O–H groups in total. The van der Waals surface area contributed by atoms with Crippen molar-refractivity contribution in [3.63, 3.8) is 0 Å². The summed E-state index contributed by atoms with van der Waals surface area (Å²) >= 11 is 0. The third-order valence-electron chi connectivity index (χ3n) is 3.39. The number of amides is 1. The first-order valence-electron chi connectivity index (χ1n) is 7.47. The van der Waals surface area contributed by atoms with E-state index in [-0.39, 0.29) is 10.8 Å². The Hall–Kier alpha value is -2.15. The van der Waals surface area contributed by atoms with E-state index in [0.29, 0.717) is 11.4 Å². The van der Waals surface area contributed by atoms with Crippen molar-refractivity contribution in [2.45, 2.75) is 38.1 Å². The van der Waals surface area contributed by atoms with Gasteiger partial charge < -0.3 is 5.32 Å². The number of anilines is 1. The second-order valence-electron chi connectivity index (χ2n) is 5.50. The minimum absolute atomic E-state index is 0.126. The number of rotatable bonds is 6. The summed E-state index contributed by atoms with van der Waals surface area (Å²) in [6.45, 7) is 4.68. The van der Waals surface area contributed by atoms with Gasteiger partial charge in [0.15, 0.2) is 9.84 Å². The lowest BCUT2D eigenvalue weighted by atomic mass is 10.2. The summed E-state index contributed by atoms with van der Waals surface area (Å²) < 4.78 is 25.0. The number of benzene rings is 1. The van der Waals surface area contributed by atoms with Gasteiger partial charge in [0.2, 0.25) is 0 Å². The Kier molecular flexibility index (Phi) is 5.20. The largest absolute Gasteiger partial charge is 0.307 e. The van der Waals surface area contributed by atoms with E-state index in [1.807, 2.05) is 6.92 Å². The molecule has 7 heteroatoms. The number of carbonyl (C=O) groups excluding carboxylic acids is 1. The van der Waals surface area contributed by atoms with E-state index in [1.165, 1.54) is 12.1 Å². The van der Waals surface area contributed by atoms with Crippen LogP contribution in [0.3, 0.4) is 0 Å². The zero-order valence-electron chi connectivity index (χ0n) is 13.5. The molecule has 6 nitrogen and oxygen atoms in total. The molecule has 23 heavy (non-hydrogen) atoms. The predicted octanol–water partition coefficient (Wildman–Crippen LogP) is 2.65. The van der Waals surface area contributed by atoms with Gasteiger partial charge in [-0.05, 0) is 31.5 Å². The van der Waals surface area contributed by atoms with E-state index in [1.54, 1.807) is 22.9 Å². The predicted molar refractivity (Wildman–Crippen MR) is 89.4 cm³/mol. The fourth-order valence-corrected chi connectivity index (χ4v) is 2.85. The molecule has 0 fully saturated rings. The van der Waals surface area contributed by atoms with Crippen LogP contribution in [0.15, 0.2) is 35.2 Å². The quantitative estimate of drug-likeness (QED) is 0.880. The Morgan fingerprint density at radius 2 is 2.04 bits per heavy atom. The molecule has 1 amide bonds. The zero-order valence-corrected chi connectivity index (χ0v) is 14.4. The summed E-state index contributed by atoms with van der Waals surface area (Å²) in [7, 11) is -3.35. The molecule has 1 heterocycles. The molecule has 0 aliphatic carbocycles. The van der Waals surface area contributed by atoms with Crippen LogP contribution in [0.2, 0.25) is 0 Å². The van der Waals surface area contributed by atoms with E-state index in [4.69, 9.17) is 0 Å². The van der Waals surface area contributed by atoms with Crippen LogP contribution >= 0.6 is 0 Å². The lowest BCUT2D eigenvalue weighted by Crippen LogP contribution is -2.16. The fourth-order valence-electron chi connectivity index (χ4n) is 2.18. The van der Waals surface area contributed by atoms with Gasteiger partial charge in [-0.1, -0.05) is 19.4 Å². The first-order valence-corrected chi connectivity index (χ1v) is 9.36. The van der Waals surface area contributed by atoms with Crippen LogP contribution in [0.5, 0.6) is 0 Å². The normalized spacial score (nSPS) is 11.4. The smallest absolute Gasteiger partial charge is 0.256 e. The number of hydrogen-bond donors (Lipinski definition) is 1. The fraction of sp³-hybridized carbons (Fsp3) is 0.375. The van der Waals surface area contributed by atoms with E-state index in [9.17, 15) is 13.2 Å². The Morgan fingerprint density at radius 1 is 1.30 bits per heavy atom. The number of aromatic nitrogens is 2. The van der Waals surface area contributed by atoms with Crippen molar-refractivity contribution in [3.8, 4) is 0 Å². The average molecular weight is 335 g/mol. The molecule has 0 unspecified atom stereocenters.